The fraction of sp³-hybridized carbons (Fsp3) is 0.533. The topological polar surface area (TPSA) is 20.3 Å². The van der Waals surface area contributed by atoms with Crippen LogP contribution >= 0.6 is 15.9 Å². The molecule has 98 valence electrons. The predicted molar refractivity (Wildman–Crippen MR) is 77.8 cm³/mol. The van der Waals surface area contributed by atoms with Crippen LogP contribution in [0.15, 0.2) is 22.7 Å². The lowest BCUT2D eigenvalue weighted by Gasteiger charge is -2.35. The molecular formula is C15H20BrNO. The predicted octanol–water partition coefficient (Wildman–Crippen LogP) is 4.16. The molecule has 1 atom stereocenters. The van der Waals surface area contributed by atoms with E-state index in [9.17, 15) is 4.79 Å². The number of carbonyl (C=O) groups is 1. The molecule has 1 aromatic rings. The minimum Gasteiger partial charge on any atom is -0.336 e. The third-order valence-corrected chi connectivity index (χ3v) is 4.11. The highest BCUT2D eigenvalue weighted by Crippen LogP contribution is 2.23. The monoisotopic (exact) mass is 309 g/mol. The van der Waals surface area contributed by atoms with E-state index >= 15 is 0 Å². The third-order valence-electron chi connectivity index (χ3n) is 3.65. The SMILES string of the molecule is CCC1CCCCN1C(=O)c1cc(C)cc(Br)c1. The minimum atomic E-state index is 0.186. The molecular weight excluding hydrogens is 290 g/mol. The second-order valence-electron chi connectivity index (χ2n) is 5.07. The maximum atomic E-state index is 12.6. The van der Waals surface area contributed by atoms with E-state index in [1.54, 1.807) is 0 Å². The van der Waals surface area contributed by atoms with Gasteiger partial charge in [0.2, 0.25) is 0 Å². The standard InChI is InChI=1S/C15H20BrNO/c1-3-14-6-4-5-7-17(14)15(18)12-8-11(2)9-13(16)10-12/h8-10,14H,3-7H2,1-2H3. The summed E-state index contributed by atoms with van der Waals surface area (Å²) in [5.41, 5.74) is 1.93. The Morgan fingerprint density at radius 1 is 1.39 bits per heavy atom. The second kappa shape index (κ2) is 5.87. The van der Waals surface area contributed by atoms with E-state index in [0.717, 1.165) is 41.4 Å². The van der Waals surface area contributed by atoms with Gasteiger partial charge in [-0.15, -0.1) is 0 Å². The van der Waals surface area contributed by atoms with Gasteiger partial charge in [0.25, 0.3) is 5.91 Å². The lowest BCUT2D eigenvalue weighted by Crippen LogP contribution is -2.43. The van der Waals surface area contributed by atoms with Gasteiger partial charge >= 0.3 is 0 Å². The molecule has 0 spiro atoms. The van der Waals surface area contributed by atoms with Crippen molar-refractivity contribution < 1.29 is 4.79 Å². The van der Waals surface area contributed by atoms with Crippen LogP contribution in [0.5, 0.6) is 0 Å². The molecule has 0 radical (unpaired) electrons. The van der Waals surface area contributed by atoms with Crippen LogP contribution in [0.25, 0.3) is 0 Å². The fourth-order valence-electron chi connectivity index (χ4n) is 2.72. The Kier molecular flexibility index (Phi) is 4.44. The molecule has 1 heterocycles. The zero-order valence-electron chi connectivity index (χ0n) is 11.1. The average molecular weight is 310 g/mol. The first kappa shape index (κ1) is 13.6. The van der Waals surface area contributed by atoms with Gasteiger partial charge in [0, 0.05) is 22.6 Å². The van der Waals surface area contributed by atoms with Crippen molar-refractivity contribution >= 4 is 21.8 Å². The fourth-order valence-corrected chi connectivity index (χ4v) is 3.33. The van der Waals surface area contributed by atoms with Gasteiger partial charge in [0.15, 0.2) is 0 Å². The lowest BCUT2D eigenvalue weighted by atomic mass is 9.98. The molecule has 1 aromatic carbocycles. The summed E-state index contributed by atoms with van der Waals surface area (Å²) >= 11 is 3.47. The summed E-state index contributed by atoms with van der Waals surface area (Å²) in [6.07, 6.45) is 4.59. The van der Waals surface area contributed by atoms with Crippen LogP contribution < -0.4 is 0 Å². The molecule has 0 aliphatic carbocycles. The van der Waals surface area contributed by atoms with E-state index in [4.69, 9.17) is 0 Å². The molecule has 0 aromatic heterocycles. The summed E-state index contributed by atoms with van der Waals surface area (Å²) in [5.74, 6) is 0.186. The molecule has 0 N–H and O–H groups in total. The maximum absolute atomic E-state index is 12.6. The Balaban J connectivity index is 2.23. The first-order chi connectivity index (χ1) is 8.61. The summed E-state index contributed by atoms with van der Waals surface area (Å²) in [5, 5.41) is 0. The number of carbonyl (C=O) groups excluding carboxylic acids is 1. The van der Waals surface area contributed by atoms with Crippen LogP contribution in [0.4, 0.5) is 0 Å². The molecule has 2 rings (SSSR count). The molecule has 1 aliphatic rings. The van der Waals surface area contributed by atoms with E-state index in [2.05, 4.69) is 27.8 Å². The molecule has 1 saturated heterocycles. The van der Waals surface area contributed by atoms with Crippen LogP contribution in [-0.2, 0) is 0 Å². The molecule has 18 heavy (non-hydrogen) atoms. The Bertz CT molecular complexity index is 424. The Hall–Kier alpha value is -0.830. The van der Waals surface area contributed by atoms with Gasteiger partial charge in [0.05, 0.1) is 0 Å². The van der Waals surface area contributed by atoms with E-state index < -0.39 is 0 Å². The van der Waals surface area contributed by atoms with E-state index in [0.29, 0.717) is 6.04 Å². The molecule has 0 bridgehead atoms. The number of benzene rings is 1. The number of hydrogen-bond acceptors (Lipinski definition) is 1. The highest BCUT2D eigenvalue weighted by molar-refractivity contribution is 9.10. The zero-order chi connectivity index (χ0) is 13.1. The van der Waals surface area contributed by atoms with Gasteiger partial charge in [0.1, 0.15) is 0 Å². The highest BCUT2D eigenvalue weighted by Gasteiger charge is 2.26. The molecule has 0 saturated carbocycles. The highest BCUT2D eigenvalue weighted by atomic mass is 79.9. The summed E-state index contributed by atoms with van der Waals surface area (Å²) in [6, 6.07) is 6.36. The van der Waals surface area contributed by atoms with Crippen molar-refractivity contribution in [2.75, 3.05) is 6.54 Å². The van der Waals surface area contributed by atoms with Crippen molar-refractivity contribution in [3.63, 3.8) is 0 Å². The van der Waals surface area contributed by atoms with Crippen molar-refractivity contribution in [1.29, 1.82) is 0 Å². The van der Waals surface area contributed by atoms with Crippen molar-refractivity contribution in [2.24, 2.45) is 0 Å². The first-order valence-electron chi connectivity index (χ1n) is 6.70. The number of aryl methyl sites for hydroxylation is 1. The largest absolute Gasteiger partial charge is 0.336 e. The summed E-state index contributed by atoms with van der Waals surface area (Å²) in [4.78, 5) is 14.6. The van der Waals surface area contributed by atoms with Gasteiger partial charge in [-0.2, -0.15) is 0 Å². The Morgan fingerprint density at radius 3 is 2.83 bits per heavy atom. The molecule has 1 amide bonds. The van der Waals surface area contributed by atoms with Crippen LogP contribution in [0.1, 0.15) is 48.5 Å². The van der Waals surface area contributed by atoms with Crippen molar-refractivity contribution in [1.82, 2.24) is 4.90 Å². The third kappa shape index (κ3) is 2.94. The number of halogens is 1. The van der Waals surface area contributed by atoms with Gasteiger partial charge in [-0.25, -0.2) is 0 Å². The quantitative estimate of drug-likeness (QED) is 0.803. The Labute approximate surface area is 117 Å². The van der Waals surface area contributed by atoms with Crippen molar-refractivity contribution in [2.45, 2.75) is 45.6 Å². The van der Waals surface area contributed by atoms with Crippen LogP contribution in [0.2, 0.25) is 0 Å². The number of piperidine rings is 1. The minimum absolute atomic E-state index is 0.186. The molecule has 3 heteroatoms. The first-order valence-corrected chi connectivity index (χ1v) is 7.49. The number of likely N-dealkylation sites (tertiary alicyclic amines) is 1. The summed E-state index contributed by atoms with van der Waals surface area (Å²) in [6.45, 7) is 5.10. The van der Waals surface area contributed by atoms with Gasteiger partial charge in [-0.1, -0.05) is 22.9 Å². The van der Waals surface area contributed by atoms with Gasteiger partial charge in [-0.3, -0.25) is 4.79 Å². The number of rotatable bonds is 2. The van der Waals surface area contributed by atoms with E-state index in [1.807, 2.05) is 25.1 Å². The normalized spacial score (nSPS) is 19.9. The molecule has 1 fully saturated rings. The van der Waals surface area contributed by atoms with Crippen LogP contribution in [0.3, 0.4) is 0 Å². The molecule has 1 aliphatic heterocycles. The maximum Gasteiger partial charge on any atom is 0.254 e. The summed E-state index contributed by atoms with van der Waals surface area (Å²) in [7, 11) is 0. The van der Waals surface area contributed by atoms with Gasteiger partial charge in [-0.05, 0) is 56.4 Å². The second-order valence-corrected chi connectivity index (χ2v) is 5.99. The van der Waals surface area contributed by atoms with Crippen LogP contribution in [-0.4, -0.2) is 23.4 Å². The van der Waals surface area contributed by atoms with Gasteiger partial charge < -0.3 is 4.90 Å². The van der Waals surface area contributed by atoms with Crippen molar-refractivity contribution in [3.8, 4) is 0 Å². The van der Waals surface area contributed by atoms with Crippen molar-refractivity contribution in [3.05, 3.63) is 33.8 Å². The Morgan fingerprint density at radius 2 is 2.17 bits per heavy atom. The lowest BCUT2D eigenvalue weighted by molar-refractivity contribution is 0.0608. The number of amides is 1. The smallest absolute Gasteiger partial charge is 0.254 e. The number of nitrogens with zero attached hydrogens (tertiary/aromatic N) is 1. The molecule has 2 nitrogen and oxygen atoms in total. The average Bonchev–Trinajstić information content (AvgIpc) is 2.36. The summed E-state index contributed by atoms with van der Waals surface area (Å²) < 4.78 is 0.982. The van der Waals surface area contributed by atoms with E-state index in [1.165, 1.54) is 6.42 Å². The van der Waals surface area contributed by atoms with E-state index in [-0.39, 0.29) is 5.91 Å². The van der Waals surface area contributed by atoms with Crippen LogP contribution in [0, 0.1) is 6.92 Å². The molecule has 1 unspecified atom stereocenters. The zero-order valence-corrected chi connectivity index (χ0v) is 12.7. The number of hydrogen-bond donors (Lipinski definition) is 0.